The zero-order valence-electron chi connectivity index (χ0n) is 11.5. The Morgan fingerprint density at radius 1 is 1.40 bits per heavy atom. The minimum atomic E-state index is 0.100. The van der Waals surface area contributed by atoms with Gasteiger partial charge in [0.1, 0.15) is 0 Å². The number of thiophene rings is 1. The van der Waals surface area contributed by atoms with Crippen LogP contribution in [0.4, 0.5) is 5.69 Å². The third-order valence-corrected chi connectivity index (χ3v) is 4.75. The van der Waals surface area contributed by atoms with Gasteiger partial charge >= 0.3 is 0 Å². The average Bonchev–Trinajstić information content (AvgIpc) is 3.10. The molecule has 1 aliphatic heterocycles. The van der Waals surface area contributed by atoms with Crippen molar-refractivity contribution in [3.8, 4) is 0 Å². The van der Waals surface area contributed by atoms with Crippen molar-refractivity contribution in [3.63, 3.8) is 0 Å². The number of benzene rings is 1. The summed E-state index contributed by atoms with van der Waals surface area (Å²) in [6.07, 6.45) is 2.11. The maximum absolute atomic E-state index is 12.8. The molecule has 104 valence electrons. The van der Waals surface area contributed by atoms with E-state index >= 15 is 0 Å². The van der Waals surface area contributed by atoms with Crippen LogP contribution in [-0.2, 0) is 0 Å². The first-order valence-electron chi connectivity index (χ1n) is 6.86. The van der Waals surface area contributed by atoms with Crippen LogP contribution in [-0.4, -0.2) is 17.4 Å². The zero-order chi connectivity index (χ0) is 14.1. The van der Waals surface area contributed by atoms with Gasteiger partial charge in [0.05, 0.1) is 6.04 Å². The molecule has 4 heteroatoms. The van der Waals surface area contributed by atoms with Crippen molar-refractivity contribution < 1.29 is 4.79 Å². The molecule has 3 nitrogen and oxygen atoms in total. The Morgan fingerprint density at radius 2 is 2.25 bits per heavy atom. The van der Waals surface area contributed by atoms with Crippen molar-refractivity contribution in [2.45, 2.75) is 25.8 Å². The summed E-state index contributed by atoms with van der Waals surface area (Å²) in [6, 6.07) is 7.90. The first kappa shape index (κ1) is 13.2. The third-order valence-electron chi connectivity index (χ3n) is 4.05. The fourth-order valence-electron chi connectivity index (χ4n) is 2.86. The van der Waals surface area contributed by atoms with E-state index in [9.17, 15) is 4.79 Å². The van der Waals surface area contributed by atoms with Gasteiger partial charge in [-0.25, -0.2) is 0 Å². The number of hydrogen-bond donors (Lipinski definition) is 1. The van der Waals surface area contributed by atoms with Gasteiger partial charge < -0.3 is 10.6 Å². The van der Waals surface area contributed by atoms with Crippen LogP contribution in [0.1, 0.15) is 40.4 Å². The van der Waals surface area contributed by atoms with E-state index in [0.29, 0.717) is 5.69 Å². The molecule has 2 aromatic rings. The summed E-state index contributed by atoms with van der Waals surface area (Å²) in [5.41, 5.74) is 9.46. The molecule has 1 aliphatic rings. The number of nitrogens with two attached hydrogens (primary N) is 1. The van der Waals surface area contributed by atoms with E-state index in [1.54, 1.807) is 11.3 Å². The predicted molar refractivity (Wildman–Crippen MR) is 82.9 cm³/mol. The molecule has 1 atom stereocenters. The fourth-order valence-corrected chi connectivity index (χ4v) is 3.57. The molecule has 0 spiro atoms. The largest absolute Gasteiger partial charge is 0.398 e. The van der Waals surface area contributed by atoms with Gasteiger partial charge in [0, 0.05) is 17.8 Å². The Kier molecular flexibility index (Phi) is 3.49. The highest BCUT2D eigenvalue weighted by atomic mass is 32.1. The molecule has 1 aromatic heterocycles. The second-order valence-corrected chi connectivity index (χ2v) is 6.01. The van der Waals surface area contributed by atoms with Crippen LogP contribution in [0.5, 0.6) is 0 Å². The summed E-state index contributed by atoms with van der Waals surface area (Å²) in [5.74, 6) is 0.100. The molecule has 2 N–H and O–H groups in total. The lowest BCUT2D eigenvalue weighted by Gasteiger charge is -2.25. The van der Waals surface area contributed by atoms with Crippen molar-refractivity contribution in [1.29, 1.82) is 0 Å². The molecule has 3 rings (SSSR count). The Labute approximate surface area is 123 Å². The highest BCUT2D eigenvalue weighted by molar-refractivity contribution is 7.07. The standard InChI is InChI=1S/C16H18N2OS/c1-11-13(4-2-5-14(11)17)16(19)18-8-3-6-15(18)12-7-9-20-10-12/h2,4-5,7,9-10,15H,3,6,8,17H2,1H3. The molecular weight excluding hydrogens is 268 g/mol. The summed E-state index contributed by atoms with van der Waals surface area (Å²) in [6.45, 7) is 2.74. The first-order valence-corrected chi connectivity index (χ1v) is 7.81. The van der Waals surface area contributed by atoms with Crippen LogP contribution >= 0.6 is 11.3 Å². The van der Waals surface area contributed by atoms with Crippen molar-refractivity contribution >= 4 is 22.9 Å². The Morgan fingerprint density at radius 3 is 3.00 bits per heavy atom. The van der Waals surface area contributed by atoms with Gasteiger partial charge in [-0.05, 0) is 59.9 Å². The van der Waals surface area contributed by atoms with E-state index < -0.39 is 0 Å². The number of likely N-dealkylation sites (tertiary alicyclic amines) is 1. The topological polar surface area (TPSA) is 46.3 Å². The van der Waals surface area contributed by atoms with Crippen LogP contribution in [0.25, 0.3) is 0 Å². The number of amides is 1. The van der Waals surface area contributed by atoms with Crippen LogP contribution < -0.4 is 5.73 Å². The lowest BCUT2D eigenvalue weighted by Crippen LogP contribution is -2.31. The normalized spacial score (nSPS) is 18.4. The highest BCUT2D eigenvalue weighted by Crippen LogP contribution is 2.34. The van der Waals surface area contributed by atoms with Crippen molar-refractivity contribution in [3.05, 3.63) is 51.7 Å². The van der Waals surface area contributed by atoms with Crippen LogP contribution in [0.3, 0.4) is 0 Å². The number of nitrogens with zero attached hydrogens (tertiary/aromatic N) is 1. The average molecular weight is 286 g/mol. The lowest BCUT2D eigenvalue weighted by molar-refractivity contribution is 0.0735. The van der Waals surface area contributed by atoms with Gasteiger partial charge in [-0.3, -0.25) is 4.79 Å². The van der Waals surface area contributed by atoms with Gasteiger partial charge in [-0.15, -0.1) is 0 Å². The molecule has 20 heavy (non-hydrogen) atoms. The zero-order valence-corrected chi connectivity index (χ0v) is 12.3. The first-order chi connectivity index (χ1) is 9.68. The fraction of sp³-hybridized carbons (Fsp3) is 0.312. The van der Waals surface area contributed by atoms with E-state index in [4.69, 9.17) is 5.73 Å². The second kappa shape index (κ2) is 5.29. The minimum Gasteiger partial charge on any atom is -0.398 e. The SMILES string of the molecule is Cc1c(N)cccc1C(=O)N1CCCC1c1ccsc1. The Balaban J connectivity index is 1.92. The summed E-state index contributed by atoms with van der Waals surface area (Å²) >= 11 is 1.68. The molecule has 2 heterocycles. The minimum absolute atomic E-state index is 0.100. The van der Waals surface area contributed by atoms with Gasteiger partial charge in [-0.1, -0.05) is 6.07 Å². The second-order valence-electron chi connectivity index (χ2n) is 5.23. The summed E-state index contributed by atoms with van der Waals surface area (Å²) in [5, 5.41) is 4.21. The summed E-state index contributed by atoms with van der Waals surface area (Å²) < 4.78 is 0. The number of carbonyl (C=O) groups excluding carboxylic acids is 1. The van der Waals surface area contributed by atoms with Crippen LogP contribution in [0.15, 0.2) is 35.0 Å². The highest BCUT2D eigenvalue weighted by Gasteiger charge is 2.31. The van der Waals surface area contributed by atoms with Gasteiger partial charge in [0.2, 0.25) is 0 Å². The summed E-state index contributed by atoms with van der Waals surface area (Å²) in [4.78, 5) is 14.8. The smallest absolute Gasteiger partial charge is 0.254 e. The van der Waals surface area contributed by atoms with E-state index in [2.05, 4.69) is 16.8 Å². The number of rotatable bonds is 2. The molecule has 1 unspecified atom stereocenters. The predicted octanol–water partition coefficient (Wildman–Crippen LogP) is 3.62. The quantitative estimate of drug-likeness (QED) is 0.857. The Bertz CT molecular complexity index is 621. The van der Waals surface area contributed by atoms with Crippen LogP contribution in [0.2, 0.25) is 0 Å². The number of hydrogen-bond acceptors (Lipinski definition) is 3. The van der Waals surface area contributed by atoms with Crippen molar-refractivity contribution in [1.82, 2.24) is 4.90 Å². The number of nitrogen functional groups attached to an aromatic ring is 1. The molecule has 1 amide bonds. The number of carbonyl (C=O) groups is 1. The Hall–Kier alpha value is -1.81. The van der Waals surface area contributed by atoms with Gasteiger partial charge in [0.15, 0.2) is 0 Å². The van der Waals surface area contributed by atoms with Crippen molar-refractivity contribution in [2.75, 3.05) is 12.3 Å². The van der Waals surface area contributed by atoms with Crippen molar-refractivity contribution in [2.24, 2.45) is 0 Å². The maximum Gasteiger partial charge on any atom is 0.254 e. The molecule has 0 aliphatic carbocycles. The molecule has 0 bridgehead atoms. The van der Waals surface area contributed by atoms with E-state index in [1.165, 1.54) is 5.56 Å². The summed E-state index contributed by atoms with van der Waals surface area (Å²) in [7, 11) is 0. The van der Waals surface area contributed by atoms with E-state index in [-0.39, 0.29) is 11.9 Å². The van der Waals surface area contributed by atoms with Gasteiger partial charge in [-0.2, -0.15) is 11.3 Å². The monoisotopic (exact) mass is 286 g/mol. The van der Waals surface area contributed by atoms with Gasteiger partial charge in [0.25, 0.3) is 5.91 Å². The lowest BCUT2D eigenvalue weighted by atomic mass is 10.0. The molecule has 0 radical (unpaired) electrons. The third kappa shape index (κ3) is 2.20. The molecular formula is C16H18N2OS. The molecule has 0 saturated carbocycles. The van der Waals surface area contributed by atoms with E-state index in [1.807, 2.05) is 30.0 Å². The maximum atomic E-state index is 12.8. The number of anilines is 1. The molecule has 1 saturated heterocycles. The molecule has 1 aromatic carbocycles. The van der Waals surface area contributed by atoms with E-state index in [0.717, 1.165) is 30.5 Å². The molecule has 1 fully saturated rings. The van der Waals surface area contributed by atoms with Crippen LogP contribution in [0, 0.1) is 6.92 Å².